The number of fused-ring (bicyclic) bond motifs is 1. The zero-order valence-corrected chi connectivity index (χ0v) is 11.3. The maximum absolute atomic E-state index is 6.05. The van der Waals surface area contributed by atoms with Gasteiger partial charge in [0.15, 0.2) is 0 Å². The van der Waals surface area contributed by atoms with E-state index in [1.807, 2.05) is 0 Å². The molecule has 1 unspecified atom stereocenters. The van der Waals surface area contributed by atoms with Crippen molar-refractivity contribution in [3.8, 4) is 0 Å². The van der Waals surface area contributed by atoms with Gasteiger partial charge in [0, 0.05) is 25.7 Å². The number of hydrogen-bond acceptors (Lipinski definition) is 2. The zero-order valence-electron chi connectivity index (χ0n) is 11.3. The van der Waals surface area contributed by atoms with Crippen molar-refractivity contribution in [3.05, 3.63) is 70.8 Å². The molecule has 0 spiro atoms. The van der Waals surface area contributed by atoms with Crippen molar-refractivity contribution in [3.63, 3.8) is 0 Å². The van der Waals surface area contributed by atoms with Gasteiger partial charge in [-0.1, -0.05) is 48.5 Å². The first kappa shape index (κ1) is 12.4. The molecule has 98 valence electrons. The molecule has 1 aliphatic rings. The average molecular weight is 252 g/mol. The Bertz CT molecular complexity index is 552. The highest BCUT2D eigenvalue weighted by molar-refractivity contribution is 5.33. The largest absolute Gasteiger partial charge is 0.329 e. The fourth-order valence-electron chi connectivity index (χ4n) is 3.01. The summed E-state index contributed by atoms with van der Waals surface area (Å²) in [4.78, 5) is 2.48. The highest BCUT2D eigenvalue weighted by Gasteiger charge is 2.26. The normalized spacial score (nSPS) is 16.3. The van der Waals surface area contributed by atoms with Gasteiger partial charge in [-0.15, -0.1) is 0 Å². The molecule has 1 atom stereocenters. The van der Waals surface area contributed by atoms with Crippen molar-refractivity contribution in [1.82, 2.24) is 4.90 Å². The molecule has 0 saturated heterocycles. The summed E-state index contributed by atoms with van der Waals surface area (Å²) in [5.41, 5.74) is 11.6. The van der Waals surface area contributed by atoms with Gasteiger partial charge in [0.05, 0.1) is 0 Å². The second-order valence-electron chi connectivity index (χ2n) is 5.28. The van der Waals surface area contributed by atoms with E-state index in [0.29, 0.717) is 12.6 Å². The van der Waals surface area contributed by atoms with E-state index in [4.69, 9.17) is 5.73 Å². The zero-order chi connectivity index (χ0) is 13.2. The van der Waals surface area contributed by atoms with Crippen molar-refractivity contribution in [2.24, 2.45) is 5.73 Å². The summed E-state index contributed by atoms with van der Waals surface area (Å²) in [6.07, 6.45) is 0. The van der Waals surface area contributed by atoms with E-state index in [1.54, 1.807) is 0 Å². The number of rotatable bonds is 3. The second-order valence-corrected chi connectivity index (χ2v) is 5.28. The summed E-state index contributed by atoms with van der Waals surface area (Å²) in [6, 6.07) is 17.6. The van der Waals surface area contributed by atoms with Gasteiger partial charge in [-0.05, 0) is 29.2 Å². The lowest BCUT2D eigenvalue weighted by molar-refractivity contribution is 0.204. The third kappa shape index (κ3) is 2.29. The molecule has 19 heavy (non-hydrogen) atoms. The molecule has 3 rings (SSSR count). The third-order valence-corrected chi connectivity index (χ3v) is 4.08. The Labute approximate surface area is 114 Å². The fraction of sp³-hybridized carbons (Fsp3) is 0.294. The number of benzene rings is 2. The molecular weight excluding hydrogens is 232 g/mol. The van der Waals surface area contributed by atoms with Crippen LogP contribution in [0.3, 0.4) is 0 Å². The summed E-state index contributed by atoms with van der Waals surface area (Å²) in [6.45, 7) is 4.85. The quantitative estimate of drug-likeness (QED) is 0.910. The van der Waals surface area contributed by atoms with Crippen molar-refractivity contribution < 1.29 is 0 Å². The molecule has 0 aromatic heterocycles. The average Bonchev–Trinajstić information content (AvgIpc) is 2.85. The van der Waals surface area contributed by atoms with Gasteiger partial charge in [0.25, 0.3) is 0 Å². The van der Waals surface area contributed by atoms with Gasteiger partial charge in [0.2, 0.25) is 0 Å². The minimum atomic E-state index is 0.314. The van der Waals surface area contributed by atoms with Gasteiger partial charge >= 0.3 is 0 Å². The van der Waals surface area contributed by atoms with Crippen LogP contribution in [-0.4, -0.2) is 11.4 Å². The van der Waals surface area contributed by atoms with E-state index < -0.39 is 0 Å². The van der Waals surface area contributed by atoms with E-state index >= 15 is 0 Å². The number of aryl methyl sites for hydroxylation is 1. The lowest BCUT2D eigenvalue weighted by Gasteiger charge is -2.28. The number of hydrogen-bond donors (Lipinski definition) is 1. The fourth-order valence-corrected chi connectivity index (χ4v) is 3.01. The lowest BCUT2D eigenvalue weighted by atomic mass is 10.0. The van der Waals surface area contributed by atoms with Crippen LogP contribution in [0.4, 0.5) is 0 Å². The third-order valence-electron chi connectivity index (χ3n) is 4.08. The van der Waals surface area contributed by atoms with E-state index in [0.717, 1.165) is 13.1 Å². The molecule has 0 aliphatic carbocycles. The maximum atomic E-state index is 6.05. The first-order valence-electron chi connectivity index (χ1n) is 6.86. The van der Waals surface area contributed by atoms with Gasteiger partial charge < -0.3 is 5.73 Å². The van der Waals surface area contributed by atoms with Crippen LogP contribution >= 0.6 is 0 Å². The van der Waals surface area contributed by atoms with Crippen LogP contribution in [0, 0.1) is 6.92 Å². The Morgan fingerprint density at radius 1 is 1.00 bits per heavy atom. The molecule has 2 N–H and O–H groups in total. The summed E-state index contributed by atoms with van der Waals surface area (Å²) < 4.78 is 0. The van der Waals surface area contributed by atoms with Crippen LogP contribution in [0.5, 0.6) is 0 Å². The van der Waals surface area contributed by atoms with Crippen molar-refractivity contribution in [1.29, 1.82) is 0 Å². The first-order chi connectivity index (χ1) is 9.29. The van der Waals surface area contributed by atoms with Crippen LogP contribution < -0.4 is 5.73 Å². The van der Waals surface area contributed by atoms with Crippen molar-refractivity contribution in [2.45, 2.75) is 26.1 Å². The summed E-state index contributed by atoms with van der Waals surface area (Å²) in [5, 5.41) is 0. The summed E-state index contributed by atoms with van der Waals surface area (Å²) >= 11 is 0. The Morgan fingerprint density at radius 2 is 1.58 bits per heavy atom. The molecule has 0 saturated carbocycles. The molecule has 0 radical (unpaired) electrons. The van der Waals surface area contributed by atoms with Crippen molar-refractivity contribution in [2.75, 3.05) is 6.54 Å². The van der Waals surface area contributed by atoms with E-state index in [1.165, 1.54) is 22.3 Å². The summed E-state index contributed by atoms with van der Waals surface area (Å²) in [7, 11) is 0. The highest BCUT2D eigenvalue weighted by Crippen LogP contribution is 2.31. The molecule has 2 aromatic carbocycles. The second kappa shape index (κ2) is 5.16. The SMILES string of the molecule is Cc1ccccc1C(CN)N1Cc2ccccc2C1. The maximum Gasteiger partial charge on any atom is 0.0480 e. The molecule has 2 aromatic rings. The van der Waals surface area contributed by atoms with Crippen LogP contribution in [0.15, 0.2) is 48.5 Å². The molecule has 0 fully saturated rings. The van der Waals surface area contributed by atoms with Gasteiger partial charge in [-0.2, -0.15) is 0 Å². The van der Waals surface area contributed by atoms with Gasteiger partial charge in [0.1, 0.15) is 0 Å². The molecule has 1 heterocycles. The Morgan fingerprint density at radius 3 is 2.16 bits per heavy atom. The smallest absolute Gasteiger partial charge is 0.0480 e. The highest BCUT2D eigenvalue weighted by atomic mass is 15.2. The van der Waals surface area contributed by atoms with E-state index in [-0.39, 0.29) is 0 Å². The molecule has 0 bridgehead atoms. The lowest BCUT2D eigenvalue weighted by Crippen LogP contribution is -2.30. The molecule has 2 nitrogen and oxygen atoms in total. The first-order valence-corrected chi connectivity index (χ1v) is 6.86. The summed E-state index contributed by atoms with van der Waals surface area (Å²) in [5.74, 6) is 0. The van der Waals surface area contributed by atoms with Crippen molar-refractivity contribution >= 4 is 0 Å². The Balaban J connectivity index is 1.88. The predicted molar refractivity (Wildman–Crippen MR) is 78.7 cm³/mol. The van der Waals surface area contributed by atoms with Gasteiger partial charge in [-0.25, -0.2) is 0 Å². The van der Waals surface area contributed by atoms with Crippen LogP contribution in [0.25, 0.3) is 0 Å². The minimum absolute atomic E-state index is 0.314. The molecule has 2 heteroatoms. The number of nitrogens with two attached hydrogens (primary N) is 1. The molecular formula is C17H20N2. The van der Waals surface area contributed by atoms with Crippen LogP contribution in [-0.2, 0) is 13.1 Å². The predicted octanol–water partition coefficient (Wildman–Crippen LogP) is 3.01. The van der Waals surface area contributed by atoms with Crippen LogP contribution in [0.2, 0.25) is 0 Å². The van der Waals surface area contributed by atoms with Gasteiger partial charge in [-0.3, -0.25) is 4.90 Å². The minimum Gasteiger partial charge on any atom is -0.329 e. The van der Waals surface area contributed by atoms with E-state index in [2.05, 4.69) is 60.4 Å². The number of nitrogens with zero attached hydrogens (tertiary/aromatic N) is 1. The Kier molecular flexibility index (Phi) is 3.36. The van der Waals surface area contributed by atoms with Crippen LogP contribution in [0.1, 0.15) is 28.3 Å². The standard InChI is InChI=1S/C17H20N2/c1-13-6-2-5-9-16(13)17(10-18)19-11-14-7-3-4-8-15(14)12-19/h2-9,17H,10-12,18H2,1H3. The topological polar surface area (TPSA) is 29.3 Å². The van der Waals surface area contributed by atoms with E-state index in [9.17, 15) is 0 Å². The molecule has 1 aliphatic heterocycles. The monoisotopic (exact) mass is 252 g/mol. The Hall–Kier alpha value is -1.64. The molecule has 0 amide bonds.